The maximum absolute atomic E-state index is 6.24. The first-order valence-electron chi connectivity index (χ1n) is 29.7. The smallest absolute Gasteiger partial charge is 0.399 e. The van der Waals surface area contributed by atoms with Crippen LogP contribution in [0.15, 0.2) is 267 Å². The quantitative estimate of drug-likeness (QED) is 0.137. The summed E-state index contributed by atoms with van der Waals surface area (Å²) in [7, 11) is -0.348. The van der Waals surface area contributed by atoms with E-state index < -0.39 is 0 Å². The van der Waals surface area contributed by atoms with Gasteiger partial charge in [-0.25, -0.2) is 19.9 Å². The standard InChI is InChI=1S/C34H24N4.C27H30BNO2.C15H10ClN3/c1-3-11-24(12-4-1)32-35-33(25-13-5-2-6-14-25)37-34(36-32)26-19-21-29(22-20-26)38-30-17-9-7-15-27(30)23-28-16-8-10-18-31(28)38;1-25(2)21-11-7-9-13-23(21)29(24-14-10-8-12-22(24)25)20-17-15-19(16-18-20)28-30-26(3,4)27(5,6)31-28;16-15-18-13(11-7-3-1-4-8-11)17-14(19-15)12-9-5-2-6-10-12/h1-22H,23H2;7-18H,1-6H3;1-10H. The number of fused-ring (bicyclic) bond motifs is 4. The second kappa shape index (κ2) is 24.1. The van der Waals surface area contributed by atoms with Crippen molar-refractivity contribution in [3.63, 3.8) is 0 Å². The van der Waals surface area contributed by atoms with Crippen molar-refractivity contribution in [2.75, 3.05) is 9.80 Å². The number of anilines is 6. The summed E-state index contributed by atoms with van der Waals surface area (Å²) in [5.41, 5.74) is 17.5. The third-order valence-corrected chi connectivity index (χ3v) is 17.1. The summed E-state index contributed by atoms with van der Waals surface area (Å²) in [4.78, 5) is 32.1. The lowest BCUT2D eigenvalue weighted by molar-refractivity contribution is 0.00578. The van der Waals surface area contributed by atoms with Crippen molar-refractivity contribution in [3.8, 4) is 56.9 Å². The van der Waals surface area contributed by atoms with Crippen LogP contribution in [-0.4, -0.2) is 48.2 Å². The summed E-state index contributed by atoms with van der Waals surface area (Å²) in [5.74, 6) is 3.15. The van der Waals surface area contributed by atoms with E-state index in [-0.39, 0.29) is 29.0 Å². The van der Waals surface area contributed by atoms with Gasteiger partial charge in [0.25, 0.3) is 0 Å². The second-order valence-electron chi connectivity index (χ2n) is 23.5. The van der Waals surface area contributed by atoms with Gasteiger partial charge in [0.2, 0.25) is 5.28 Å². The average Bonchev–Trinajstić information content (AvgIpc) is 2.09. The summed E-state index contributed by atoms with van der Waals surface area (Å²) in [6.45, 7) is 13.0. The van der Waals surface area contributed by atoms with Crippen molar-refractivity contribution in [1.82, 2.24) is 29.9 Å². The molecule has 1 fully saturated rings. The third kappa shape index (κ3) is 11.5. The normalized spacial score (nSPS) is 14.6. The lowest BCUT2D eigenvalue weighted by Gasteiger charge is -2.42. The molecule has 430 valence electrons. The number of nitrogens with zero attached hydrogens (tertiary/aromatic N) is 8. The molecule has 3 aliphatic heterocycles. The molecule has 0 amide bonds. The number of hydrogen-bond acceptors (Lipinski definition) is 10. The van der Waals surface area contributed by atoms with Crippen molar-refractivity contribution in [2.24, 2.45) is 0 Å². The molecule has 0 aliphatic carbocycles. The van der Waals surface area contributed by atoms with Gasteiger partial charge in [-0.1, -0.05) is 220 Å². The molecule has 0 unspecified atom stereocenters. The minimum Gasteiger partial charge on any atom is -0.399 e. The molecule has 0 atom stereocenters. The number of halogens is 1. The van der Waals surface area contributed by atoms with Gasteiger partial charge in [-0.3, -0.25) is 0 Å². The molecule has 15 rings (SSSR count). The Kier molecular flexibility index (Phi) is 15.7. The first-order valence-corrected chi connectivity index (χ1v) is 30.1. The summed E-state index contributed by atoms with van der Waals surface area (Å²) in [5, 5.41) is 0.202. The van der Waals surface area contributed by atoms with Crippen LogP contribution in [0.25, 0.3) is 56.9 Å². The zero-order valence-electron chi connectivity index (χ0n) is 50.0. The fourth-order valence-corrected chi connectivity index (χ4v) is 11.7. The number of hydrogen-bond donors (Lipinski definition) is 0. The number of aromatic nitrogens is 6. The van der Waals surface area contributed by atoms with Crippen LogP contribution in [-0.2, 0) is 21.1 Å². The van der Waals surface area contributed by atoms with Crippen molar-refractivity contribution in [3.05, 3.63) is 294 Å². The third-order valence-electron chi connectivity index (χ3n) is 16.9. The van der Waals surface area contributed by atoms with Crippen LogP contribution in [0.2, 0.25) is 5.28 Å². The number of para-hydroxylation sites is 4. The Balaban J connectivity index is 0.000000128. The Bertz CT molecular complexity index is 4200. The fourth-order valence-electron chi connectivity index (χ4n) is 11.6. The van der Waals surface area contributed by atoms with Crippen molar-refractivity contribution in [2.45, 2.75) is 64.6 Å². The molecule has 3 aliphatic rings. The molecular weight excluding hydrogens is 1100 g/mol. The summed E-state index contributed by atoms with van der Waals surface area (Å²) >= 11 is 5.99. The molecule has 12 heteroatoms. The summed E-state index contributed by atoms with van der Waals surface area (Å²) in [6, 6.07) is 91.4. The van der Waals surface area contributed by atoms with E-state index in [1.165, 1.54) is 45.0 Å². The largest absolute Gasteiger partial charge is 0.494 e. The molecule has 0 N–H and O–H groups in total. The van der Waals surface area contributed by atoms with E-state index in [1.807, 2.05) is 121 Å². The van der Waals surface area contributed by atoms with Crippen LogP contribution in [0.4, 0.5) is 34.1 Å². The lowest BCUT2D eigenvalue weighted by atomic mass is 9.73. The Morgan fingerprint density at radius 2 is 0.625 bits per heavy atom. The van der Waals surface area contributed by atoms with Crippen molar-refractivity contribution < 1.29 is 9.31 Å². The summed E-state index contributed by atoms with van der Waals surface area (Å²) < 4.78 is 12.5. The maximum Gasteiger partial charge on any atom is 0.494 e. The average molecular weight is 1170 g/mol. The van der Waals surface area contributed by atoms with E-state index in [0.717, 1.165) is 51.1 Å². The molecule has 0 bridgehead atoms. The topological polar surface area (TPSA) is 102 Å². The minimum atomic E-state index is -0.348. The molecule has 0 spiro atoms. The van der Waals surface area contributed by atoms with Gasteiger partial charge in [-0.15, -0.1) is 0 Å². The van der Waals surface area contributed by atoms with Crippen molar-refractivity contribution in [1.29, 1.82) is 0 Å². The monoisotopic (exact) mass is 1170 g/mol. The van der Waals surface area contributed by atoms with Gasteiger partial charge < -0.3 is 19.1 Å². The Morgan fingerprint density at radius 1 is 0.330 bits per heavy atom. The predicted molar refractivity (Wildman–Crippen MR) is 358 cm³/mol. The van der Waals surface area contributed by atoms with E-state index >= 15 is 0 Å². The highest BCUT2D eigenvalue weighted by molar-refractivity contribution is 6.62. The van der Waals surface area contributed by atoms with Crippen LogP contribution in [0, 0.1) is 0 Å². The summed E-state index contributed by atoms with van der Waals surface area (Å²) in [6.07, 6.45) is 0.941. The fraction of sp³-hybridized carbons (Fsp3) is 0.132. The van der Waals surface area contributed by atoms with Gasteiger partial charge >= 0.3 is 7.12 Å². The SMILES string of the molecule is CC1(C)c2ccccc2N(c2ccc(B3OC(C)(C)C(C)(C)O3)cc2)c2ccccc21.Clc1nc(-c2ccccc2)nc(-c2ccccc2)n1.c1ccc(-c2nc(-c3ccccc3)nc(-c3ccc(N4c5ccccc5Cc5ccccc54)cc3)n2)cc1. The highest BCUT2D eigenvalue weighted by Crippen LogP contribution is 2.52. The van der Waals surface area contributed by atoms with E-state index in [1.54, 1.807) is 0 Å². The number of rotatable bonds is 8. The molecule has 10 nitrogen and oxygen atoms in total. The first-order chi connectivity index (χ1) is 42.8. The van der Waals surface area contributed by atoms with Crippen LogP contribution in [0.5, 0.6) is 0 Å². The van der Waals surface area contributed by atoms with Gasteiger partial charge in [-0.05, 0) is 128 Å². The number of benzene rings is 10. The lowest BCUT2D eigenvalue weighted by Crippen LogP contribution is -2.41. The van der Waals surface area contributed by atoms with Crippen LogP contribution >= 0.6 is 11.6 Å². The van der Waals surface area contributed by atoms with Gasteiger partial charge in [0.15, 0.2) is 29.1 Å². The van der Waals surface area contributed by atoms with Crippen LogP contribution in [0.1, 0.15) is 63.8 Å². The molecule has 10 aromatic carbocycles. The molecule has 0 saturated carbocycles. The van der Waals surface area contributed by atoms with E-state index in [0.29, 0.717) is 29.1 Å². The van der Waals surface area contributed by atoms with E-state index in [4.69, 9.17) is 35.9 Å². The second-order valence-corrected chi connectivity index (χ2v) is 23.9. The molecule has 12 aromatic rings. The van der Waals surface area contributed by atoms with E-state index in [2.05, 4.69) is 212 Å². The Morgan fingerprint density at radius 3 is 1.01 bits per heavy atom. The highest BCUT2D eigenvalue weighted by Gasteiger charge is 2.51. The molecule has 2 aromatic heterocycles. The Hall–Kier alpha value is -9.91. The van der Waals surface area contributed by atoms with Gasteiger partial charge in [0.1, 0.15) is 0 Å². The van der Waals surface area contributed by atoms with Gasteiger partial charge in [-0.2, -0.15) is 9.97 Å². The highest BCUT2D eigenvalue weighted by atomic mass is 35.5. The molecule has 0 radical (unpaired) electrons. The molecular formula is C76H64BClN8O2. The zero-order valence-corrected chi connectivity index (χ0v) is 50.7. The predicted octanol–water partition coefficient (Wildman–Crippen LogP) is 18.2. The van der Waals surface area contributed by atoms with Crippen molar-refractivity contribution >= 4 is 58.3 Å². The zero-order chi connectivity index (χ0) is 60.4. The molecule has 88 heavy (non-hydrogen) atoms. The molecule has 1 saturated heterocycles. The van der Waals surface area contributed by atoms with Crippen LogP contribution in [0.3, 0.4) is 0 Å². The molecule has 5 heterocycles. The van der Waals surface area contributed by atoms with Gasteiger partial charge in [0, 0.05) is 62.4 Å². The van der Waals surface area contributed by atoms with Crippen LogP contribution < -0.4 is 15.3 Å². The van der Waals surface area contributed by atoms with E-state index in [9.17, 15) is 0 Å². The minimum absolute atomic E-state index is 0.0493. The first kappa shape index (κ1) is 57.2. The Labute approximate surface area is 520 Å². The van der Waals surface area contributed by atoms with Gasteiger partial charge in [0.05, 0.1) is 22.6 Å². The maximum atomic E-state index is 6.24.